The third-order valence-electron chi connectivity index (χ3n) is 3.25. The van der Waals surface area contributed by atoms with Crippen LogP contribution in [0.4, 0.5) is 0 Å². The largest absolute Gasteiger partial charge is 0.506 e. The number of hydrogen-bond acceptors (Lipinski definition) is 3. The molecule has 1 saturated heterocycles. The monoisotopic (exact) mass is 318 g/mol. The lowest BCUT2D eigenvalue weighted by atomic mass is 10.1. The van der Waals surface area contributed by atoms with E-state index in [4.69, 9.17) is 11.6 Å². The maximum absolute atomic E-state index is 10.1. The Balaban J connectivity index is 2.24. The first-order chi connectivity index (χ1) is 8.11. The van der Waals surface area contributed by atoms with Gasteiger partial charge in [0.05, 0.1) is 9.50 Å². The van der Waals surface area contributed by atoms with Crippen LogP contribution >= 0.6 is 27.5 Å². The van der Waals surface area contributed by atoms with Crippen LogP contribution in [-0.4, -0.2) is 36.2 Å². The van der Waals surface area contributed by atoms with Gasteiger partial charge in [-0.1, -0.05) is 17.7 Å². The molecule has 0 spiro atoms. The van der Waals surface area contributed by atoms with Crippen molar-refractivity contribution in [1.82, 2.24) is 10.2 Å². The molecule has 2 N–H and O–H groups in total. The minimum absolute atomic E-state index is 0.200. The Morgan fingerprint density at radius 2 is 2.06 bits per heavy atom. The van der Waals surface area contributed by atoms with Crippen LogP contribution in [0.3, 0.4) is 0 Å². The molecule has 1 atom stereocenters. The number of aromatic hydroxyl groups is 1. The van der Waals surface area contributed by atoms with Gasteiger partial charge < -0.3 is 10.4 Å². The van der Waals surface area contributed by atoms with E-state index in [0.29, 0.717) is 9.50 Å². The van der Waals surface area contributed by atoms with Gasteiger partial charge in [0, 0.05) is 37.8 Å². The Hall–Kier alpha value is -0.290. The summed E-state index contributed by atoms with van der Waals surface area (Å²) in [5, 5.41) is 14.0. The lowest BCUT2D eigenvalue weighted by molar-refractivity contribution is 0.183. The molecular formula is C12H16BrClN2O. The number of piperazine rings is 1. The summed E-state index contributed by atoms with van der Waals surface area (Å²) in [7, 11) is 0. The van der Waals surface area contributed by atoms with E-state index in [1.54, 1.807) is 0 Å². The second kappa shape index (κ2) is 5.57. The van der Waals surface area contributed by atoms with E-state index >= 15 is 0 Å². The van der Waals surface area contributed by atoms with Crippen LogP contribution in [0.5, 0.6) is 5.75 Å². The van der Waals surface area contributed by atoms with Crippen LogP contribution in [0.25, 0.3) is 0 Å². The van der Waals surface area contributed by atoms with Crippen molar-refractivity contribution in [3.63, 3.8) is 0 Å². The predicted octanol–water partition coefficient (Wildman–Crippen LogP) is 2.77. The standard InChI is InChI=1S/C12H16BrClN2O/c1-8(16-6-4-15-5-7-16)9-2-3-10(14)11(13)12(9)17/h2-3,8,15,17H,4-7H2,1H3/t8-/m0/s1. The Morgan fingerprint density at radius 1 is 1.41 bits per heavy atom. The van der Waals surface area contributed by atoms with Crippen LogP contribution in [0.1, 0.15) is 18.5 Å². The van der Waals surface area contributed by atoms with Gasteiger partial charge in [0.2, 0.25) is 0 Å². The molecule has 17 heavy (non-hydrogen) atoms. The Labute approximate surface area is 115 Å². The highest BCUT2D eigenvalue weighted by molar-refractivity contribution is 9.10. The van der Waals surface area contributed by atoms with Crippen molar-refractivity contribution in [1.29, 1.82) is 0 Å². The molecule has 1 aliphatic heterocycles. The van der Waals surface area contributed by atoms with Gasteiger partial charge >= 0.3 is 0 Å². The van der Waals surface area contributed by atoms with Gasteiger partial charge in [0.1, 0.15) is 5.75 Å². The SMILES string of the molecule is C[C@@H](c1ccc(Cl)c(Br)c1O)N1CCNCC1. The summed E-state index contributed by atoms with van der Waals surface area (Å²) < 4.78 is 0.582. The fourth-order valence-corrected chi connectivity index (χ4v) is 2.67. The highest BCUT2D eigenvalue weighted by atomic mass is 79.9. The maximum atomic E-state index is 10.1. The predicted molar refractivity (Wildman–Crippen MR) is 73.7 cm³/mol. The second-order valence-electron chi connectivity index (χ2n) is 4.26. The number of hydrogen-bond donors (Lipinski definition) is 2. The average Bonchev–Trinajstić information content (AvgIpc) is 2.36. The molecule has 94 valence electrons. The summed E-state index contributed by atoms with van der Waals surface area (Å²) in [6.07, 6.45) is 0. The van der Waals surface area contributed by atoms with Crippen molar-refractivity contribution in [3.8, 4) is 5.75 Å². The Morgan fingerprint density at radius 3 is 2.71 bits per heavy atom. The Bertz CT molecular complexity index is 408. The average molecular weight is 320 g/mol. The molecule has 1 aromatic rings. The number of phenolic OH excluding ortho intramolecular Hbond substituents is 1. The number of nitrogens with zero attached hydrogens (tertiary/aromatic N) is 1. The number of benzene rings is 1. The topological polar surface area (TPSA) is 35.5 Å². The van der Waals surface area contributed by atoms with Crippen molar-refractivity contribution in [3.05, 3.63) is 27.2 Å². The highest BCUT2D eigenvalue weighted by Crippen LogP contribution is 2.38. The van der Waals surface area contributed by atoms with Crippen molar-refractivity contribution >= 4 is 27.5 Å². The maximum Gasteiger partial charge on any atom is 0.136 e. The van der Waals surface area contributed by atoms with Gasteiger partial charge in [-0.05, 0) is 28.9 Å². The molecule has 3 nitrogen and oxygen atoms in total. The Kier molecular flexibility index (Phi) is 4.31. The molecule has 0 radical (unpaired) electrons. The molecule has 0 amide bonds. The fourth-order valence-electron chi connectivity index (χ4n) is 2.16. The summed E-state index contributed by atoms with van der Waals surface area (Å²) in [5.74, 6) is 0.253. The summed E-state index contributed by atoms with van der Waals surface area (Å²) in [5.41, 5.74) is 0.920. The third-order valence-corrected chi connectivity index (χ3v) is 4.60. The molecule has 0 unspecified atom stereocenters. The smallest absolute Gasteiger partial charge is 0.136 e. The van der Waals surface area contributed by atoms with Crippen LogP contribution in [0.2, 0.25) is 5.02 Å². The lowest BCUT2D eigenvalue weighted by Crippen LogP contribution is -2.44. The summed E-state index contributed by atoms with van der Waals surface area (Å²) in [6.45, 7) is 6.11. The summed E-state index contributed by atoms with van der Waals surface area (Å²) >= 11 is 9.26. The van der Waals surface area contributed by atoms with E-state index in [9.17, 15) is 5.11 Å². The molecule has 0 aliphatic carbocycles. The molecule has 0 aromatic heterocycles. The van der Waals surface area contributed by atoms with E-state index < -0.39 is 0 Å². The quantitative estimate of drug-likeness (QED) is 0.880. The number of halogens is 2. The van der Waals surface area contributed by atoms with E-state index in [-0.39, 0.29) is 11.8 Å². The molecule has 0 saturated carbocycles. The van der Waals surface area contributed by atoms with Crippen LogP contribution < -0.4 is 5.32 Å². The summed E-state index contributed by atoms with van der Waals surface area (Å²) in [4.78, 5) is 2.35. The zero-order chi connectivity index (χ0) is 12.4. The molecule has 2 rings (SSSR count). The number of phenols is 1. The number of rotatable bonds is 2. The van der Waals surface area contributed by atoms with E-state index in [2.05, 4.69) is 33.1 Å². The number of nitrogens with one attached hydrogen (secondary N) is 1. The highest BCUT2D eigenvalue weighted by Gasteiger charge is 2.21. The van der Waals surface area contributed by atoms with Gasteiger partial charge in [-0.2, -0.15) is 0 Å². The first-order valence-electron chi connectivity index (χ1n) is 5.73. The van der Waals surface area contributed by atoms with Crippen molar-refractivity contribution < 1.29 is 5.11 Å². The van der Waals surface area contributed by atoms with Gasteiger partial charge in [0.15, 0.2) is 0 Å². The minimum Gasteiger partial charge on any atom is -0.506 e. The second-order valence-corrected chi connectivity index (χ2v) is 5.46. The van der Waals surface area contributed by atoms with Gasteiger partial charge in [0.25, 0.3) is 0 Å². The van der Waals surface area contributed by atoms with Gasteiger partial charge in [-0.3, -0.25) is 4.90 Å². The molecule has 1 aliphatic rings. The molecule has 1 fully saturated rings. The first kappa shape index (κ1) is 13.1. The minimum atomic E-state index is 0.200. The zero-order valence-electron chi connectivity index (χ0n) is 9.71. The van der Waals surface area contributed by atoms with Crippen LogP contribution in [0, 0.1) is 0 Å². The van der Waals surface area contributed by atoms with Crippen molar-refractivity contribution in [2.75, 3.05) is 26.2 Å². The molecule has 1 aromatic carbocycles. The third kappa shape index (κ3) is 2.76. The fraction of sp³-hybridized carbons (Fsp3) is 0.500. The molecular weight excluding hydrogens is 304 g/mol. The van der Waals surface area contributed by atoms with E-state index in [1.165, 1.54) is 0 Å². The van der Waals surface area contributed by atoms with E-state index in [0.717, 1.165) is 31.7 Å². The van der Waals surface area contributed by atoms with Crippen LogP contribution in [-0.2, 0) is 0 Å². The van der Waals surface area contributed by atoms with Gasteiger partial charge in [-0.15, -0.1) is 0 Å². The van der Waals surface area contributed by atoms with E-state index in [1.807, 2.05) is 12.1 Å². The summed E-state index contributed by atoms with van der Waals surface area (Å²) in [6, 6.07) is 3.92. The zero-order valence-corrected chi connectivity index (χ0v) is 12.1. The van der Waals surface area contributed by atoms with Crippen molar-refractivity contribution in [2.24, 2.45) is 0 Å². The van der Waals surface area contributed by atoms with Crippen molar-refractivity contribution in [2.45, 2.75) is 13.0 Å². The molecule has 0 bridgehead atoms. The molecule has 1 heterocycles. The van der Waals surface area contributed by atoms with Crippen LogP contribution in [0.15, 0.2) is 16.6 Å². The molecule has 5 heteroatoms. The normalized spacial score (nSPS) is 19.2. The first-order valence-corrected chi connectivity index (χ1v) is 6.90. The lowest BCUT2D eigenvalue weighted by Gasteiger charge is -2.33. The van der Waals surface area contributed by atoms with Gasteiger partial charge in [-0.25, -0.2) is 0 Å².